The van der Waals surface area contributed by atoms with Gasteiger partial charge in [0.05, 0.1) is 30.8 Å². The van der Waals surface area contributed by atoms with Gasteiger partial charge in [0.25, 0.3) is 0 Å². The second-order valence-electron chi connectivity index (χ2n) is 15.7. The molecule has 4 atom stereocenters. The predicted molar refractivity (Wildman–Crippen MR) is 222 cm³/mol. The van der Waals surface area contributed by atoms with Crippen LogP contribution in [-0.2, 0) is 33.5 Å². The van der Waals surface area contributed by atoms with Crippen molar-refractivity contribution in [2.75, 3.05) is 31.2 Å². The average Bonchev–Trinajstić information content (AvgIpc) is 2.95. The van der Waals surface area contributed by atoms with Gasteiger partial charge in [0.1, 0.15) is 12.1 Å². The molecule has 6 N–H and O–H groups in total. The minimum absolute atomic E-state index is 0.00867. The van der Waals surface area contributed by atoms with E-state index < -0.39 is 23.1 Å². The lowest BCUT2D eigenvalue weighted by molar-refractivity contribution is -0.133. The van der Waals surface area contributed by atoms with E-state index in [2.05, 4.69) is 21.4 Å². The van der Waals surface area contributed by atoms with E-state index in [9.17, 15) is 28.8 Å². The molecule has 12 nitrogen and oxygen atoms in total. The van der Waals surface area contributed by atoms with Gasteiger partial charge < -0.3 is 25.5 Å². The molecule has 0 aromatic heterocycles. The quantitative estimate of drug-likeness (QED) is 0.0337. The topological polar surface area (TPSA) is 186 Å². The summed E-state index contributed by atoms with van der Waals surface area (Å²) in [6.07, 6.45) is 4.40. The van der Waals surface area contributed by atoms with E-state index in [4.69, 9.17) is 10.6 Å². The third-order valence-electron chi connectivity index (χ3n) is 7.79. The summed E-state index contributed by atoms with van der Waals surface area (Å²) >= 11 is 6.76. The van der Waals surface area contributed by atoms with Crippen LogP contribution in [0.4, 0.5) is 0 Å². The SMILES string of the molecule is CC(C)(C)NC(CSC1CCC1SCC(C=O)NC(=O)C(C)(C)CCOC(C)(C)CCC(=O)C(C)(C)C)C(=O)NCC(=O)I.NNCC(=O)I. The molecule has 16 heteroatoms. The zero-order chi connectivity index (χ0) is 38.9. The van der Waals surface area contributed by atoms with E-state index in [1.165, 1.54) is 0 Å². The molecule has 2 amide bonds. The molecule has 1 aliphatic carbocycles. The Balaban J connectivity index is 0.00000365. The first-order valence-corrected chi connectivity index (χ1v) is 21.1. The van der Waals surface area contributed by atoms with Crippen molar-refractivity contribution >= 4 is 100 Å². The third-order valence-corrected chi connectivity index (χ3v) is 11.8. The Kier molecular flexibility index (Phi) is 23.2. The Morgan fingerprint density at radius 1 is 0.860 bits per heavy atom. The van der Waals surface area contributed by atoms with Crippen LogP contribution in [0.2, 0.25) is 0 Å². The maximum absolute atomic E-state index is 13.1. The van der Waals surface area contributed by atoms with Gasteiger partial charge in [0, 0.05) is 96.6 Å². The molecule has 0 bridgehead atoms. The molecule has 1 aliphatic rings. The Labute approximate surface area is 335 Å². The Morgan fingerprint density at radius 2 is 1.40 bits per heavy atom. The first kappa shape index (κ1) is 49.6. The van der Waals surface area contributed by atoms with Crippen molar-refractivity contribution in [3.05, 3.63) is 0 Å². The van der Waals surface area contributed by atoms with Crippen molar-refractivity contribution in [2.24, 2.45) is 16.7 Å². The summed E-state index contributed by atoms with van der Waals surface area (Å²) in [6.45, 7) is 20.0. The predicted octanol–water partition coefficient (Wildman–Crippen LogP) is 4.52. The molecule has 1 saturated carbocycles. The first-order valence-electron chi connectivity index (χ1n) is 16.9. The molecule has 290 valence electrons. The number of aldehydes is 1. The molecule has 4 unspecified atom stereocenters. The van der Waals surface area contributed by atoms with E-state index in [-0.39, 0.29) is 49.2 Å². The van der Waals surface area contributed by atoms with E-state index in [0.717, 1.165) is 19.1 Å². The molecule has 0 aliphatic heterocycles. The summed E-state index contributed by atoms with van der Waals surface area (Å²) in [6, 6.07) is -1.02. The van der Waals surface area contributed by atoms with Gasteiger partial charge in [-0.15, -0.1) is 0 Å². The van der Waals surface area contributed by atoms with E-state index >= 15 is 0 Å². The number of hydrogen-bond acceptors (Lipinski definition) is 12. The molecular formula is C34H61I2N5O7S2. The van der Waals surface area contributed by atoms with Crippen LogP contribution in [0, 0.1) is 10.8 Å². The summed E-state index contributed by atoms with van der Waals surface area (Å²) in [4.78, 5) is 71.2. The zero-order valence-corrected chi connectivity index (χ0v) is 37.4. The Morgan fingerprint density at radius 3 is 1.82 bits per heavy atom. The van der Waals surface area contributed by atoms with Gasteiger partial charge in [-0.05, 0) is 60.3 Å². The number of hydrazine groups is 1. The molecule has 0 spiro atoms. The van der Waals surface area contributed by atoms with Crippen LogP contribution in [0.25, 0.3) is 0 Å². The molecule has 0 saturated heterocycles. The molecular weight excluding hydrogens is 908 g/mol. The molecule has 0 radical (unpaired) electrons. The van der Waals surface area contributed by atoms with E-state index in [1.54, 1.807) is 68.7 Å². The number of halogens is 2. The Bertz CT molecular complexity index is 1130. The van der Waals surface area contributed by atoms with E-state index in [1.807, 2.05) is 69.2 Å². The zero-order valence-electron chi connectivity index (χ0n) is 31.5. The summed E-state index contributed by atoms with van der Waals surface area (Å²) in [5, 5.41) is 9.68. The number of carbonyl (C=O) groups is 6. The molecule has 1 fully saturated rings. The van der Waals surface area contributed by atoms with Crippen LogP contribution >= 0.6 is 68.7 Å². The van der Waals surface area contributed by atoms with Gasteiger partial charge in [0.2, 0.25) is 19.4 Å². The highest BCUT2D eigenvalue weighted by Gasteiger charge is 2.36. The number of Topliss-reactive ketones (excluding diaryl/α,β-unsaturated/α-hetero) is 1. The number of nitrogens with two attached hydrogens (primary N) is 1. The van der Waals surface area contributed by atoms with Gasteiger partial charge >= 0.3 is 0 Å². The summed E-state index contributed by atoms with van der Waals surface area (Å²) < 4.78 is 5.98. The molecule has 1 rings (SSSR count). The number of hydrogen-bond donors (Lipinski definition) is 5. The minimum atomic E-state index is -0.727. The summed E-state index contributed by atoms with van der Waals surface area (Å²) in [5.41, 5.74) is 0.373. The number of ether oxygens (including phenoxy) is 1. The van der Waals surface area contributed by atoms with Crippen molar-refractivity contribution < 1.29 is 33.5 Å². The number of thioether (sulfide) groups is 2. The lowest BCUT2D eigenvalue weighted by Crippen LogP contribution is -2.53. The smallest absolute Gasteiger partial charge is 0.238 e. The number of amides is 2. The maximum Gasteiger partial charge on any atom is 0.238 e. The van der Waals surface area contributed by atoms with E-state index in [0.29, 0.717) is 47.9 Å². The molecule has 0 aromatic rings. The molecule has 50 heavy (non-hydrogen) atoms. The van der Waals surface area contributed by atoms with Crippen LogP contribution in [0.5, 0.6) is 0 Å². The van der Waals surface area contributed by atoms with Crippen LogP contribution in [0.1, 0.15) is 101 Å². The Hall–Kier alpha value is -0.380. The lowest BCUT2D eigenvalue weighted by atomic mass is 9.86. The normalized spacial score (nSPS) is 17.7. The van der Waals surface area contributed by atoms with Gasteiger partial charge in [-0.2, -0.15) is 23.5 Å². The van der Waals surface area contributed by atoms with Gasteiger partial charge in [-0.3, -0.25) is 35.2 Å². The van der Waals surface area contributed by atoms with Crippen molar-refractivity contribution in [3.63, 3.8) is 0 Å². The number of rotatable bonds is 22. The highest BCUT2D eigenvalue weighted by atomic mass is 127. The van der Waals surface area contributed by atoms with Crippen molar-refractivity contribution in [3.8, 4) is 0 Å². The van der Waals surface area contributed by atoms with Crippen molar-refractivity contribution in [1.82, 2.24) is 21.4 Å². The second-order valence-corrected chi connectivity index (χ2v) is 20.7. The largest absolute Gasteiger partial charge is 0.376 e. The summed E-state index contributed by atoms with van der Waals surface area (Å²) in [7, 11) is 0. The standard InChI is InChI=1S/C32H56IN3O6S2.C2H5IN2O/c1-29(2,3)25(38)13-14-32(9,10)42-16-15-31(7,8)28(41)35-21(18-37)19-43-23-11-12-24(23)44-20-22(36-30(4,5)6)27(40)34-17-26(33)39;3-2(6)1-5-4/h18,21-24,36H,11-17,19-20H2,1-10H3,(H,34,40)(H,35,41);5H,1,4H2. The van der Waals surface area contributed by atoms with Crippen molar-refractivity contribution in [2.45, 2.75) is 135 Å². The highest BCUT2D eigenvalue weighted by Crippen LogP contribution is 2.40. The molecule has 0 heterocycles. The summed E-state index contributed by atoms with van der Waals surface area (Å²) in [5.74, 6) is 5.65. The second kappa shape index (κ2) is 23.4. The monoisotopic (exact) mass is 969 g/mol. The maximum atomic E-state index is 13.1. The molecule has 0 aromatic carbocycles. The van der Waals surface area contributed by atoms with Gasteiger partial charge in [-0.25, -0.2) is 0 Å². The van der Waals surface area contributed by atoms with Crippen molar-refractivity contribution in [1.29, 1.82) is 0 Å². The fourth-order valence-corrected chi connectivity index (χ4v) is 7.85. The number of nitrogens with one attached hydrogen (secondary N) is 4. The lowest BCUT2D eigenvalue weighted by Gasteiger charge is -2.37. The fourth-order valence-electron chi connectivity index (χ4n) is 4.37. The third kappa shape index (κ3) is 22.6. The van der Waals surface area contributed by atoms with Crippen LogP contribution in [0.15, 0.2) is 0 Å². The van der Waals surface area contributed by atoms with Crippen LogP contribution in [-0.4, -0.2) is 96.4 Å². The average molecular weight is 970 g/mol. The number of carbonyl (C=O) groups excluding carboxylic acids is 6. The first-order chi connectivity index (χ1) is 22.8. The van der Waals surface area contributed by atoms with Gasteiger partial charge in [-0.1, -0.05) is 34.6 Å². The minimum Gasteiger partial charge on any atom is -0.376 e. The van der Waals surface area contributed by atoms with Crippen LogP contribution in [0.3, 0.4) is 0 Å². The fraction of sp³-hybridized carbons (Fsp3) is 0.824. The highest BCUT2D eigenvalue weighted by molar-refractivity contribution is 14.1. The van der Waals surface area contributed by atoms with Gasteiger partial charge in [0.15, 0.2) is 0 Å². The number of ketones is 1. The van der Waals surface area contributed by atoms with Crippen LogP contribution < -0.4 is 27.2 Å².